The fourth-order valence-electron chi connectivity index (χ4n) is 2.50. The largest absolute Gasteiger partial charge is 0.444 e. The van der Waals surface area contributed by atoms with E-state index in [9.17, 15) is 9.59 Å². The zero-order chi connectivity index (χ0) is 17.7. The van der Waals surface area contributed by atoms with Gasteiger partial charge in [0.2, 0.25) is 5.91 Å². The van der Waals surface area contributed by atoms with E-state index in [1.807, 2.05) is 26.8 Å². The quantitative estimate of drug-likeness (QED) is 0.888. The Morgan fingerprint density at radius 2 is 1.92 bits per heavy atom. The lowest BCUT2D eigenvalue weighted by molar-refractivity contribution is -0.114. The molecule has 0 aromatic carbocycles. The van der Waals surface area contributed by atoms with Crippen molar-refractivity contribution in [2.75, 3.05) is 23.7 Å². The van der Waals surface area contributed by atoms with Gasteiger partial charge in [-0.2, -0.15) is 0 Å². The fraction of sp³-hybridized carbons (Fsp3) is 0.588. The average Bonchev–Trinajstić information content (AvgIpc) is 2.48. The van der Waals surface area contributed by atoms with Crippen LogP contribution in [0.4, 0.5) is 16.3 Å². The van der Waals surface area contributed by atoms with Crippen molar-refractivity contribution in [1.82, 2.24) is 9.88 Å². The van der Waals surface area contributed by atoms with Gasteiger partial charge in [0.05, 0.1) is 11.9 Å². The van der Waals surface area contributed by atoms with Crippen LogP contribution in [-0.2, 0) is 9.53 Å². The molecule has 1 aromatic heterocycles. The summed E-state index contributed by atoms with van der Waals surface area (Å²) in [6.07, 6.45) is 3.16. The third-order valence-corrected chi connectivity index (χ3v) is 3.59. The van der Waals surface area contributed by atoms with E-state index in [0.29, 0.717) is 18.9 Å². The number of hydrogen-bond donors (Lipinski definition) is 2. The lowest BCUT2D eigenvalue weighted by Gasteiger charge is -2.34. The molecule has 0 spiro atoms. The van der Waals surface area contributed by atoms with Crippen LogP contribution in [0.1, 0.15) is 40.5 Å². The Balaban J connectivity index is 1.80. The van der Waals surface area contributed by atoms with Crippen molar-refractivity contribution in [3.63, 3.8) is 0 Å². The third-order valence-electron chi connectivity index (χ3n) is 3.59. The Hall–Kier alpha value is -2.31. The minimum absolute atomic E-state index is 0.141. The number of anilines is 2. The van der Waals surface area contributed by atoms with E-state index in [1.165, 1.54) is 6.92 Å². The van der Waals surface area contributed by atoms with Gasteiger partial charge in [-0.3, -0.25) is 4.79 Å². The average molecular weight is 334 g/mol. The molecule has 0 bridgehead atoms. The fourth-order valence-corrected chi connectivity index (χ4v) is 2.50. The maximum atomic E-state index is 12.0. The molecular weight excluding hydrogens is 308 g/mol. The molecule has 1 saturated heterocycles. The summed E-state index contributed by atoms with van der Waals surface area (Å²) >= 11 is 0. The highest BCUT2D eigenvalue weighted by molar-refractivity contribution is 5.87. The van der Waals surface area contributed by atoms with Crippen LogP contribution in [0.25, 0.3) is 0 Å². The molecule has 0 atom stereocenters. The summed E-state index contributed by atoms with van der Waals surface area (Å²) in [5, 5.41) is 6.05. The Morgan fingerprint density at radius 3 is 2.42 bits per heavy atom. The van der Waals surface area contributed by atoms with Crippen molar-refractivity contribution in [3.05, 3.63) is 18.3 Å². The van der Waals surface area contributed by atoms with E-state index in [2.05, 4.69) is 15.6 Å². The predicted octanol–water partition coefficient (Wildman–Crippen LogP) is 2.85. The number of rotatable bonds is 3. The minimum Gasteiger partial charge on any atom is -0.444 e. The van der Waals surface area contributed by atoms with Crippen LogP contribution >= 0.6 is 0 Å². The Kier molecular flexibility index (Phi) is 5.64. The summed E-state index contributed by atoms with van der Waals surface area (Å²) < 4.78 is 5.40. The normalized spacial score (nSPS) is 15.8. The van der Waals surface area contributed by atoms with Gasteiger partial charge in [0.25, 0.3) is 0 Å². The highest BCUT2D eigenvalue weighted by atomic mass is 16.6. The molecule has 1 aliphatic rings. The summed E-state index contributed by atoms with van der Waals surface area (Å²) in [5.74, 6) is 0.394. The second-order valence-electron chi connectivity index (χ2n) is 7.00. The first-order valence-corrected chi connectivity index (χ1v) is 8.21. The van der Waals surface area contributed by atoms with Crippen molar-refractivity contribution in [1.29, 1.82) is 0 Å². The maximum absolute atomic E-state index is 12.0. The Labute approximate surface area is 142 Å². The van der Waals surface area contributed by atoms with E-state index in [-0.39, 0.29) is 18.0 Å². The minimum atomic E-state index is -0.465. The van der Waals surface area contributed by atoms with Crippen LogP contribution in [0, 0.1) is 0 Å². The first-order valence-electron chi connectivity index (χ1n) is 8.21. The van der Waals surface area contributed by atoms with Crippen LogP contribution in [0.2, 0.25) is 0 Å². The van der Waals surface area contributed by atoms with E-state index >= 15 is 0 Å². The molecule has 132 valence electrons. The lowest BCUT2D eigenvalue weighted by Crippen LogP contribution is -2.44. The molecule has 7 nitrogen and oxygen atoms in total. The number of nitrogens with zero attached hydrogens (tertiary/aromatic N) is 2. The molecule has 0 unspecified atom stereocenters. The number of ether oxygens (including phenoxy) is 1. The maximum Gasteiger partial charge on any atom is 0.410 e. The van der Waals surface area contributed by atoms with Gasteiger partial charge in [-0.1, -0.05) is 0 Å². The summed E-state index contributed by atoms with van der Waals surface area (Å²) in [5.41, 5.74) is 0.438. The summed E-state index contributed by atoms with van der Waals surface area (Å²) in [6, 6.07) is 3.94. The Morgan fingerprint density at radius 1 is 1.25 bits per heavy atom. The molecule has 2 amide bonds. The van der Waals surface area contributed by atoms with Gasteiger partial charge in [0.15, 0.2) is 0 Å². The molecule has 2 rings (SSSR count). The van der Waals surface area contributed by atoms with Crippen molar-refractivity contribution in [2.24, 2.45) is 0 Å². The van der Waals surface area contributed by atoms with Crippen molar-refractivity contribution >= 4 is 23.5 Å². The number of nitrogens with one attached hydrogen (secondary N) is 2. The summed E-state index contributed by atoms with van der Waals surface area (Å²) in [6.45, 7) is 8.41. The number of piperidine rings is 1. The SMILES string of the molecule is CC(=O)Nc1ccc(NC2CCN(C(=O)OC(C)(C)C)CC2)cn1. The third kappa shape index (κ3) is 5.72. The van der Waals surface area contributed by atoms with Gasteiger partial charge >= 0.3 is 6.09 Å². The standard InChI is InChI=1S/C17H26N4O3/c1-12(22)19-15-6-5-14(11-18-15)20-13-7-9-21(10-8-13)16(23)24-17(2,3)4/h5-6,11,13,20H,7-10H2,1-4H3,(H,18,19,22). The molecule has 24 heavy (non-hydrogen) atoms. The molecule has 7 heteroatoms. The van der Waals surface area contributed by atoms with Crippen LogP contribution in [-0.4, -0.2) is 46.6 Å². The van der Waals surface area contributed by atoms with Crippen molar-refractivity contribution in [3.8, 4) is 0 Å². The number of carbonyl (C=O) groups is 2. The molecule has 2 N–H and O–H groups in total. The molecule has 0 saturated carbocycles. The number of pyridine rings is 1. The molecular formula is C17H26N4O3. The predicted molar refractivity (Wildman–Crippen MR) is 93.0 cm³/mol. The Bertz CT molecular complexity index is 572. The topological polar surface area (TPSA) is 83.6 Å². The highest BCUT2D eigenvalue weighted by Crippen LogP contribution is 2.19. The second-order valence-corrected chi connectivity index (χ2v) is 7.00. The number of carbonyl (C=O) groups excluding carboxylic acids is 2. The second kappa shape index (κ2) is 7.51. The zero-order valence-electron chi connectivity index (χ0n) is 14.8. The van der Waals surface area contributed by atoms with E-state index in [0.717, 1.165) is 18.5 Å². The van der Waals surface area contributed by atoms with Gasteiger partial charge < -0.3 is 20.3 Å². The number of aromatic nitrogens is 1. The first-order chi connectivity index (χ1) is 11.2. The lowest BCUT2D eigenvalue weighted by atomic mass is 10.1. The monoisotopic (exact) mass is 334 g/mol. The van der Waals surface area contributed by atoms with Gasteiger partial charge in [0.1, 0.15) is 11.4 Å². The van der Waals surface area contributed by atoms with E-state index < -0.39 is 5.60 Å². The van der Waals surface area contributed by atoms with Gasteiger partial charge in [-0.05, 0) is 45.7 Å². The summed E-state index contributed by atoms with van der Waals surface area (Å²) in [4.78, 5) is 29.0. The van der Waals surface area contributed by atoms with E-state index in [1.54, 1.807) is 17.2 Å². The molecule has 1 aromatic rings. The zero-order valence-corrected chi connectivity index (χ0v) is 14.8. The molecule has 1 aliphatic heterocycles. The molecule has 0 aliphatic carbocycles. The smallest absolute Gasteiger partial charge is 0.410 e. The van der Waals surface area contributed by atoms with Gasteiger partial charge in [-0.25, -0.2) is 9.78 Å². The first kappa shape index (κ1) is 18.0. The number of hydrogen-bond acceptors (Lipinski definition) is 5. The van der Waals surface area contributed by atoms with Gasteiger partial charge in [-0.15, -0.1) is 0 Å². The van der Waals surface area contributed by atoms with Crippen molar-refractivity contribution in [2.45, 2.75) is 52.2 Å². The van der Waals surface area contributed by atoms with Crippen LogP contribution in [0.5, 0.6) is 0 Å². The molecule has 1 fully saturated rings. The number of amides is 2. The highest BCUT2D eigenvalue weighted by Gasteiger charge is 2.26. The molecule has 2 heterocycles. The van der Waals surface area contributed by atoms with Crippen LogP contribution in [0.3, 0.4) is 0 Å². The van der Waals surface area contributed by atoms with Crippen LogP contribution in [0.15, 0.2) is 18.3 Å². The summed E-state index contributed by atoms with van der Waals surface area (Å²) in [7, 11) is 0. The molecule has 0 radical (unpaired) electrons. The number of likely N-dealkylation sites (tertiary alicyclic amines) is 1. The van der Waals surface area contributed by atoms with E-state index in [4.69, 9.17) is 4.74 Å². The van der Waals surface area contributed by atoms with Gasteiger partial charge in [0, 0.05) is 26.1 Å². The van der Waals surface area contributed by atoms with Crippen molar-refractivity contribution < 1.29 is 14.3 Å². The van der Waals surface area contributed by atoms with Crippen LogP contribution < -0.4 is 10.6 Å².